The third-order valence-electron chi connectivity index (χ3n) is 10.5. The molecular formula is C43H44Cl2N4O7. The van der Waals surface area contributed by atoms with E-state index in [2.05, 4.69) is 10.6 Å². The van der Waals surface area contributed by atoms with E-state index in [1.807, 2.05) is 18.2 Å². The van der Waals surface area contributed by atoms with Crippen LogP contribution in [0, 0.1) is 5.41 Å². The number of carbonyl (C=O) groups excluding carboxylic acids is 4. The van der Waals surface area contributed by atoms with Gasteiger partial charge in [-0.3, -0.25) is 24.1 Å². The topological polar surface area (TPSA) is 145 Å². The number of halogens is 2. The number of benzene rings is 4. The highest BCUT2D eigenvalue weighted by Crippen LogP contribution is 2.42. The van der Waals surface area contributed by atoms with Gasteiger partial charge in [-0.05, 0) is 84.5 Å². The van der Waals surface area contributed by atoms with Crippen molar-refractivity contribution in [3.8, 4) is 5.75 Å². The highest BCUT2D eigenvalue weighted by atomic mass is 35.5. The number of nitrogens with zero attached hydrogens (tertiary/aromatic N) is 2. The van der Waals surface area contributed by atoms with Crippen molar-refractivity contribution in [2.75, 3.05) is 18.1 Å². The summed E-state index contributed by atoms with van der Waals surface area (Å²) in [4.78, 5) is 69.6. The molecule has 1 saturated heterocycles. The molecule has 2 aliphatic rings. The van der Waals surface area contributed by atoms with E-state index >= 15 is 0 Å². The molecule has 6 rings (SSSR count). The van der Waals surface area contributed by atoms with Crippen molar-refractivity contribution in [3.63, 3.8) is 0 Å². The third kappa shape index (κ3) is 9.52. The molecule has 2 fully saturated rings. The second-order valence-corrected chi connectivity index (χ2v) is 15.2. The lowest BCUT2D eigenvalue weighted by Gasteiger charge is -2.32. The van der Waals surface area contributed by atoms with Crippen molar-refractivity contribution in [1.29, 1.82) is 0 Å². The van der Waals surface area contributed by atoms with Crippen LogP contribution in [0.5, 0.6) is 5.75 Å². The van der Waals surface area contributed by atoms with Crippen LogP contribution in [0.4, 0.5) is 5.69 Å². The number of hydrogen-bond donors (Lipinski definition) is 3. The molecule has 0 spiro atoms. The molecule has 4 aromatic carbocycles. The fourth-order valence-electron chi connectivity index (χ4n) is 7.64. The monoisotopic (exact) mass is 798 g/mol. The van der Waals surface area contributed by atoms with Gasteiger partial charge in [0.25, 0.3) is 11.8 Å². The molecule has 4 amide bonds. The van der Waals surface area contributed by atoms with Crippen LogP contribution in [0.2, 0.25) is 10.0 Å². The minimum absolute atomic E-state index is 0.00167. The first-order chi connectivity index (χ1) is 26.9. The average Bonchev–Trinajstić information content (AvgIpc) is 3.78. The maximum atomic E-state index is 14.6. The van der Waals surface area contributed by atoms with Gasteiger partial charge >= 0.3 is 5.97 Å². The van der Waals surface area contributed by atoms with E-state index in [-0.39, 0.29) is 37.2 Å². The molecule has 1 aliphatic heterocycles. The zero-order valence-electron chi connectivity index (χ0n) is 31.0. The lowest BCUT2D eigenvalue weighted by Crippen LogP contribution is -2.49. The van der Waals surface area contributed by atoms with Gasteiger partial charge in [-0.15, -0.1) is 0 Å². The predicted octanol–water partition coefficient (Wildman–Crippen LogP) is 6.76. The van der Waals surface area contributed by atoms with E-state index in [0.29, 0.717) is 58.4 Å². The molecule has 2 unspecified atom stereocenters. The van der Waals surface area contributed by atoms with E-state index in [9.17, 15) is 29.1 Å². The Labute approximate surface area is 335 Å². The van der Waals surface area contributed by atoms with E-state index in [1.54, 1.807) is 94.7 Å². The molecule has 4 aromatic rings. The molecule has 1 aliphatic carbocycles. The minimum Gasteiger partial charge on any atom is -0.484 e. The van der Waals surface area contributed by atoms with Crippen molar-refractivity contribution in [2.45, 2.75) is 70.1 Å². The van der Waals surface area contributed by atoms with Crippen molar-refractivity contribution >= 4 is 58.5 Å². The average molecular weight is 800 g/mol. The zero-order chi connectivity index (χ0) is 39.8. The van der Waals surface area contributed by atoms with Crippen molar-refractivity contribution in [1.82, 2.24) is 15.5 Å². The Balaban J connectivity index is 1.28. The van der Waals surface area contributed by atoms with Crippen LogP contribution in [-0.4, -0.2) is 64.8 Å². The fourth-order valence-corrected chi connectivity index (χ4v) is 7.90. The van der Waals surface area contributed by atoms with Crippen molar-refractivity contribution in [2.24, 2.45) is 5.41 Å². The Morgan fingerprint density at radius 3 is 2.07 bits per heavy atom. The summed E-state index contributed by atoms with van der Waals surface area (Å²) < 4.78 is 5.89. The van der Waals surface area contributed by atoms with Crippen molar-refractivity contribution in [3.05, 3.63) is 130 Å². The maximum absolute atomic E-state index is 14.6. The summed E-state index contributed by atoms with van der Waals surface area (Å²) in [6, 6.07) is 27.8. The summed E-state index contributed by atoms with van der Waals surface area (Å²) in [5, 5.41) is 16.7. The first kappa shape index (κ1) is 40.3. The molecule has 1 saturated carbocycles. The van der Waals surface area contributed by atoms with Crippen LogP contribution >= 0.6 is 23.2 Å². The lowest BCUT2D eigenvalue weighted by molar-refractivity contribution is -0.144. The summed E-state index contributed by atoms with van der Waals surface area (Å²) >= 11 is 12.5. The van der Waals surface area contributed by atoms with Gasteiger partial charge in [0.05, 0.1) is 5.41 Å². The summed E-state index contributed by atoms with van der Waals surface area (Å²) in [6.45, 7) is 1.43. The number of para-hydroxylation sites is 1. The quantitative estimate of drug-likeness (QED) is 0.121. The molecular weight excluding hydrogens is 755 g/mol. The fraction of sp³-hybridized carbons (Fsp3) is 0.326. The number of carbonyl (C=O) groups is 5. The lowest BCUT2D eigenvalue weighted by atomic mass is 9.81. The van der Waals surface area contributed by atoms with Crippen molar-refractivity contribution < 1.29 is 33.8 Å². The smallest absolute Gasteiger partial charge is 0.326 e. The van der Waals surface area contributed by atoms with Crippen LogP contribution in [-0.2, 0) is 36.8 Å². The zero-order valence-corrected chi connectivity index (χ0v) is 32.5. The van der Waals surface area contributed by atoms with Gasteiger partial charge in [-0.2, -0.15) is 0 Å². The second-order valence-electron chi connectivity index (χ2n) is 14.3. The molecule has 0 aromatic heterocycles. The third-order valence-corrected chi connectivity index (χ3v) is 11.1. The molecule has 3 atom stereocenters. The van der Waals surface area contributed by atoms with Crippen LogP contribution < -0.4 is 20.3 Å². The first-order valence-electron chi connectivity index (χ1n) is 18.6. The number of ether oxygens (including phenoxy) is 1. The van der Waals surface area contributed by atoms with Gasteiger partial charge in [0.2, 0.25) is 11.8 Å². The Morgan fingerprint density at radius 1 is 0.857 bits per heavy atom. The number of aliphatic carboxylic acids is 1. The highest BCUT2D eigenvalue weighted by Gasteiger charge is 2.50. The number of nitrogens with one attached hydrogen (secondary N) is 2. The number of anilines is 1. The Kier molecular flexibility index (Phi) is 13.0. The van der Waals surface area contributed by atoms with Gasteiger partial charge in [-0.25, -0.2) is 4.79 Å². The molecule has 0 bridgehead atoms. The summed E-state index contributed by atoms with van der Waals surface area (Å²) in [5.74, 6) is -1.91. The summed E-state index contributed by atoms with van der Waals surface area (Å²) in [7, 11) is 0. The van der Waals surface area contributed by atoms with Gasteiger partial charge in [0.1, 0.15) is 24.0 Å². The predicted molar refractivity (Wildman–Crippen MR) is 213 cm³/mol. The summed E-state index contributed by atoms with van der Waals surface area (Å²) in [6.07, 6.45) is 2.70. The molecule has 0 radical (unpaired) electrons. The maximum Gasteiger partial charge on any atom is 0.326 e. The number of rotatable bonds is 15. The van der Waals surface area contributed by atoms with E-state index < -0.39 is 35.5 Å². The Hall–Kier alpha value is -5.39. The molecule has 13 heteroatoms. The van der Waals surface area contributed by atoms with Crippen LogP contribution in [0.15, 0.2) is 103 Å². The number of hydrogen-bond acceptors (Lipinski definition) is 6. The molecule has 1 heterocycles. The Bertz CT molecular complexity index is 2020. The van der Waals surface area contributed by atoms with E-state index in [1.165, 1.54) is 6.92 Å². The number of carboxylic acid groups (broad SMARTS) is 1. The minimum atomic E-state index is -1.21. The SMILES string of the molecule is CC(=O)NCCC1(C(=O)NC(Cc2ccc(N3C(=O)[C@@H](Cc4ccc(Cl)cc4)N(C(=O)COc4ccccc4)C3c3ccc(Cl)cc3)cc2)C(=O)O)CCCC1. The molecule has 56 heavy (non-hydrogen) atoms. The largest absolute Gasteiger partial charge is 0.484 e. The Morgan fingerprint density at radius 2 is 1.46 bits per heavy atom. The van der Waals surface area contributed by atoms with Gasteiger partial charge in [0, 0.05) is 42.0 Å². The highest BCUT2D eigenvalue weighted by molar-refractivity contribution is 6.30. The van der Waals surface area contributed by atoms with Crippen LogP contribution in [0.25, 0.3) is 0 Å². The van der Waals surface area contributed by atoms with Gasteiger partial charge < -0.3 is 25.4 Å². The second kappa shape index (κ2) is 18.0. The molecule has 11 nitrogen and oxygen atoms in total. The summed E-state index contributed by atoms with van der Waals surface area (Å²) in [5.41, 5.74) is 1.81. The van der Waals surface area contributed by atoms with Crippen LogP contribution in [0.3, 0.4) is 0 Å². The van der Waals surface area contributed by atoms with Gasteiger partial charge in [0.15, 0.2) is 6.61 Å². The molecule has 292 valence electrons. The number of carboxylic acids is 1. The number of amides is 4. The van der Waals surface area contributed by atoms with E-state index in [0.717, 1.165) is 18.4 Å². The van der Waals surface area contributed by atoms with Crippen LogP contribution in [0.1, 0.15) is 61.9 Å². The first-order valence-corrected chi connectivity index (χ1v) is 19.4. The normalized spacial score (nSPS) is 18.0. The van der Waals surface area contributed by atoms with E-state index in [4.69, 9.17) is 27.9 Å². The standard InChI is InChI=1S/C43H44Cl2N4O7/c1-28(50)46-24-23-43(21-5-6-22-43)42(55)47-36(41(53)54)25-29-11-19-34(20-12-29)48-39(31-13-17-33(45)18-14-31)49(38(51)27-56-35-7-3-2-4-8-35)37(40(48)52)26-30-9-15-32(44)16-10-30/h2-4,7-20,36-37,39H,5-6,21-27H2,1H3,(H,46,50)(H,47,55)(H,53,54)/t36?,37-,39?/m1/s1. The molecule has 3 N–H and O–H groups in total. The van der Waals surface area contributed by atoms with Gasteiger partial charge in [-0.1, -0.05) is 90.6 Å².